The number of nitro benzene ring substituents is 4. The third kappa shape index (κ3) is 4.65. The normalized spacial score (nSPS) is 24.5. The maximum atomic E-state index is 11.5. The average molecular weight is 534 g/mol. The SMILES string of the molecule is O=[N+]([O-])c1ccc(N/N=C2C=C/C(=N/Nc3ccc([N+](=O)[O-])cc3[N+](=O)[O-])[C@H]3[C@H]/2[C@@H]2C=C[C@@H]3C2)c([N+](=O)[O-])c1. The third-order valence-electron chi connectivity index (χ3n) is 6.96. The van der Waals surface area contributed by atoms with Gasteiger partial charge in [-0.15, -0.1) is 0 Å². The Labute approximate surface area is 218 Å². The number of allylic oxidation sites excluding steroid dienone is 4. The highest BCUT2D eigenvalue weighted by atomic mass is 16.6. The second-order valence-electron chi connectivity index (χ2n) is 9.06. The standard InChI is InChI=1S/C23H18N8O8/c32-28(33)14-3-5-16(20(10-14)30(36)37)24-26-18-7-8-19(23-13-2-1-12(9-13)22(18)23)27-25-17-6-4-15(29(34)35)11-21(17)31(38)39/h1-8,10-13,22-25H,9H2/b26-18-,27-19-/t12-,13-,22+,23+/m1/s1. The van der Waals surface area contributed by atoms with Gasteiger partial charge in [0, 0.05) is 24.0 Å². The zero-order chi connectivity index (χ0) is 27.8. The molecule has 0 amide bonds. The van der Waals surface area contributed by atoms with Crippen molar-refractivity contribution in [1.82, 2.24) is 0 Å². The molecule has 3 aliphatic carbocycles. The van der Waals surface area contributed by atoms with E-state index in [1.165, 1.54) is 12.1 Å². The predicted molar refractivity (Wildman–Crippen MR) is 138 cm³/mol. The predicted octanol–water partition coefficient (Wildman–Crippen LogP) is 4.56. The van der Waals surface area contributed by atoms with Crippen LogP contribution >= 0.6 is 0 Å². The number of nitrogens with zero attached hydrogens (tertiary/aromatic N) is 6. The number of non-ortho nitro benzene ring substituents is 2. The van der Waals surface area contributed by atoms with Crippen molar-refractivity contribution in [2.45, 2.75) is 6.42 Å². The van der Waals surface area contributed by atoms with Crippen LogP contribution in [0.3, 0.4) is 0 Å². The number of rotatable bonds is 8. The van der Waals surface area contributed by atoms with E-state index in [4.69, 9.17) is 0 Å². The minimum atomic E-state index is -0.733. The van der Waals surface area contributed by atoms with Crippen LogP contribution in [0, 0.1) is 64.1 Å². The second kappa shape index (κ2) is 9.73. The van der Waals surface area contributed by atoms with Crippen molar-refractivity contribution in [2.24, 2.45) is 33.9 Å². The van der Waals surface area contributed by atoms with E-state index < -0.39 is 42.4 Å². The molecule has 0 radical (unpaired) electrons. The number of fused-ring (bicyclic) bond motifs is 5. The Morgan fingerprint density at radius 1 is 0.641 bits per heavy atom. The topological polar surface area (TPSA) is 221 Å². The molecule has 0 unspecified atom stereocenters. The van der Waals surface area contributed by atoms with Crippen LogP contribution in [0.2, 0.25) is 0 Å². The largest absolute Gasteiger partial charge is 0.301 e. The van der Waals surface area contributed by atoms with Crippen LogP contribution in [0.5, 0.6) is 0 Å². The second-order valence-corrected chi connectivity index (χ2v) is 9.06. The first-order valence-corrected chi connectivity index (χ1v) is 11.5. The van der Waals surface area contributed by atoms with Gasteiger partial charge in [0.05, 0.1) is 43.2 Å². The molecule has 198 valence electrons. The summed E-state index contributed by atoms with van der Waals surface area (Å²) in [4.78, 5) is 42.0. The molecule has 39 heavy (non-hydrogen) atoms. The summed E-state index contributed by atoms with van der Waals surface area (Å²) in [5.41, 5.74) is 4.71. The molecule has 1 fully saturated rings. The number of benzene rings is 2. The monoisotopic (exact) mass is 534 g/mol. The van der Waals surface area contributed by atoms with Crippen LogP contribution < -0.4 is 10.9 Å². The summed E-state index contributed by atoms with van der Waals surface area (Å²) < 4.78 is 0. The summed E-state index contributed by atoms with van der Waals surface area (Å²) in [6.07, 6.45) is 8.34. The van der Waals surface area contributed by atoms with Gasteiger partial charge in [-0.25, -0.2) is 0 Å². The third-order valence-corrected chi connectivity index (χ3v) is 6.96. The Bertz CT molecular complexity index is 1440. The highest BCUT2D eigenvalue weighted by molar-refractivity contribution is 6.13. The highest BCUT2D eigenvalue weighted by Gasteiger charge is 2.49. The van der Waals surface area contributed by atoms with Gasteiger partial charge >= 0.3 is 11.4 Å². The van der Waals surface area contributed by atoms with E-state index in [-0.39, 0.29) is 35.0 Å². The Kier molecular flexibility index (Phi) is 6.27. The zero-order valence-corrected chi connectivity index (χ0v) is 19.7. The molecule has 0 aliphatic heterocycles. The van der Waals surface area contributed by atoms with E-state index in [2.05, 4.69) is 33.2 Å². The molecular weight excluding hydrogens is 516 g/mol. The van der Waals surface area contributed by atoms with Crippen molar-refractivity contribution >= 4 is 45.5 Å². The molecule has 2 aromatic carbocycles. The zero-order valence-electron chi connectivity index (χ0n) is 19.7. The Balaban J connectivity index is 1.44. The number of hydrazone groups is 2. The Morgan fingerprint density at radius 2 is 1.05 bits per heavy atom. The number of hydrogen-bond donors (Lipinski definition) is 2. The minimum Gasteiger partial charge on any atom is -0.271 e. The fourth-order valence-electron chi connectivity index (χ4n) is 5.25. The molecule has 4 atom stereocenters. The molecule has 3 aliphatic rings. The molecule has 16 heteroatoms. The summed E-state index contributed by atoms with van der Waals surface area (Å²) in [5, 5.41) is 53.7. The maximum Gasteiger partial charge on any atom is 0.301 e. The molecular formula is C23H18N8O8. The van der Waals surface area contributed by atoms with Crippen molar-refractivity contribution in [3.05, 3.63) is 101 Å². The van der Waals surface area contributed by atoms with Crippen LogP contribution in [0.25, 0.3) is 0 Å². The van der Waals surface area contributed by atoms with E-state index in [9.17, 15) is 40.5 Å². The fourth-order valence-corrected chi connectivity index (χ4v) is 5.25. The van der Waals surface area contributed by atoms with E-state index in [0.29, 0.717) is 11.4 Å². The molecule has 2 N–H and O–H groups in total. The minimum absolute atomic E-state index is 0.00615. The average Bonchev–Trinajstić information content (AvgIpc) is 3.53. The van der Waals surface area contributed by atoms with Crippen LogP contribution in [0.15, 0.2) is 70.9 Å². The van der Waals surface area contributed by atoms with Crippen LogP contribution in [0.4, 0.5) is 34.1 Å². The van der Waals surface area contributed by atoms with Crippen LogP contribution in [0.1, 0.15) is 6.42 Å². The molecule has 0 aromatic heterocycles. The number of nitro groups is 4. The molecule has 0 saturated heterocycles. The van der Waals surface area contributed by atoms with Gasteiger partial charge < -0.3 is 0 Å². The molecule has 1 saturated carbocycles. The smallest absolute Gasteiger partial charge is 0.271 e. The van der Waals surface area contributed by atoms with Gasteiger partial charge in [-0.1, -0.05) is 12.2 Å². The first-order chi connectivity index (χ1) is 18.6. The number of anilines is 2. The fraction of sp³-hybridized carbons (Fsp3) is 0.217. The highest BCUT2D eigenvalue weighted by Crippen LogP contribution is 2.51. The Morgan fingerprint density at radius 3 is 1.41 bits per heavy atom. The Hall–Kier alpha value is -5.54. The van der Waals surface area contributed by atoms with Gasteiger partial charge in [0.2, 0.25) is 0 Å². The molecule has 0 spiro atoms. The van der Waals surface area contributed by atoms with Gasteiger partial charge in [0.25, 0.3) is 11.4 Å². The maximum absolute atomic E-state index is 11.5. The van der Waals surface area contributed by atoms with Crippen molar-refractivity contribution in [3.63, 3.8) is 0 Å². The van der Waals surface area contributed by atoms with Crippen LogP contribution in [-0.4, -0.2) is 31.1 Å². The number of hydrogen-bond acceptors (Lipinski definition) is 12. The summed E-state index contributed by atoms with van der Waals surface area (Å²) in [6, 6.07) is 6.44. The lowest BCUT2D eigenvalue weighted by molar-refractivity contribution is -0.393. The lowest BCUT2D eigenvalue weighted by atomic mass is 9.74. The quantitative estimate of drug-likeness (QED) is 0.273. The molecule has 16 nitrogen and oxygen atoms in total. The molecule has 0 heterocycles. The number of nitrogens with one attached hydrogen (secondary N) is 2. The summed E-state index contributed by atoms with van der Waals surface area (Å²) in [7, 11) is 0. The summed E-state index contributed by atoms with van der Waals surface area (Å²) >= 11 is 0. The van der Waals surface area contributed by atoms with Crippen LogP contribution in [-0.2, 0) is 0 Å². The first-order valence-electron chi connectivity index (χ1n) is 11.5. The lowest BCUT2D eigenvalue weighted by Crippen LogP contribution is -2.36. The van der Waals surface area contributed by atoms with Crippen molar-refractivity contribution < 1.29 is 19.7 Å². The molecule has 5 rings (SSSR count). The summed E-state index contributed by atoms with van der Waals surface area (Å²) in [5.74, 6) is -0.0310. The van der Waals surface area contributed by atoms with Gasteiger partial charge in [-0.3, -0.25) is 51.3 Å². The lowest BCUT2D eigenvalue weighted by Gasteiger charge is -2.31. The van der Waals surface area contributed by atoms with Gasteiger partial charge in [0.15, 0.2) is 0 Å². The van der Waals surface area contributed by atoms with E-state index in [0.717, 1.165) is 30.7 Å². The van der Waals surface area contributed by atoms with E-state index in [1.54, 1.807) is 12.2 Å². The molecule has 2 aromatic rings. The molecule has 2 bridgehead atoms. The van der Waals surface area contributed by atoms with Crippen molar-refractivity contribution in [2.75, 3.05) is 10.9 Å². The van der Waals surface area contributed by atoms with Crippen molar-refractivity contribution in [1.29, 1.82) is 0 Å². The van der Waals surface area contributed by atoms with Gasteiger partial charge in [-0.2, -0.15) is 10.2 Å². The van der Waals surface area contributed by atoms with E-state index >= 15 is 0 Å². The first kappa shape index (κ1) is 25.1. The van der Waals surface area contributed by atoms with Crippen molar-refractivity contribution in [3.8, 4) is 0 Å². The van der Waals surface area contributed by atoms with Gasteiger partial charge in [-0.05, 0) is 42.5 Å². The van der Waals surface area contributed by atoms with Gasteiger partial charge in [0.1, 0.15) is 11.4 Å². The van der Waals surface area contributed by atoms with E-state index in [1.807, 2.05) is 0 Å². The summed E-state index contributed by atoms with van der Waals surface area (Å²) in [6.45, 7) is 0.